The third-order valence-electron chi connectivity index (χ3n) is 0. The molecule has 0 spiro atoms. The van der Waals surface area contributed by atoms with Crippen LogP contribution < -0.4 is 0 Å². The van der Waals surface area contributed by atoms with E-state index in [2.05, 4.69) is 0 Å². The molecular weight excluding hydrogens is 264 g/mol. The summed E-state index contributed by atoms with van der Waals surface area (Å²) in [5.74, 6) is 0. The summed E-state index contributed by atoms with van der Waals surface area (Å²) in [6.07, 6.45) is 0. The van der Waals surface area contributed by atoms with Crippen LogP contribution in [0.15, 0.2) is 0 Å². The zero-order valence-electron chi connectivity index (χ0n) is 3.38. The molecule has 3 N–H and O–H groups in total. The largest absolute Gasteiger partial charge is 0 e. The first-order chi connectivity index (χ1) is 2.00. The molecular formula is H4FeLiMnO4PV. The molecule has 0 aromatic carbocycles. The molecule has 2 radical (unpaired) electrons. The van der Waals surface area contributed by atoms with Crippen molar-refractivity contribution in [3.63, 3.8) is 0 Å². The molecule has 0 unspecified atom stereocenters. The van der Waals surface area contributed by atoms with Gasteiger partial charge in [-0.3, -0.25) is 0 Å². The van der Waals surface area contributed by atoms with Crippen LogP contribution >= 0.6 is 7.82 Å². The minimum atomic E-state index is -4.64. The van der Waals surface area contributed by atoms with Crippen molar-refractivity contribution < 1.29 is 71.9 Å². The van der Waals surface area contributed by atoms with Gasteiger partial charge in [0.1, 0.15) is 0 Å². The molecule has 0 bridgehead atoms. The van der Waals surface area contributed by atoms with Crippen molar-refractivity contribution in [3.8, 4) is 0 Å². The molecule has 0 aromatic rings. The van der Waals surface area contributed by atoms with Crippen LogP contribution in [0.4, 0.5) is 0 Å². The summed E-state index contributed by atoms with van der Waals surface area (Å²) in [6.45, 7) is 0. The molecule has 0 aliphatic rings. The first-order valence-electron chi connectivity index (χ1n) is 0.783. The first kappa shape index (κ1) is 30.2. The Labute approximate surface area is 97.8 Å². The van der Waals surface area contributed by atoms with Crippen molar-refractivity contribution in [1.82, 2.24) is 0 Å². The summed E-state index contributed by atoms with van der Waals surface area (Å²) in [5, 5.41) is 0. The van der Waals surface area contributed by atoms with Crippen LogP contribution in [-0.4, -0.2) is 33.5 Å². The van der Waals surface area contributed by atoms with Crippen molar-refractivity contribution in [1.29, 1.82) is 0 Å². The molecule has 0 aliphatic carbocycles. The fourth-order valence-corrected chi connectivity index (χ4v) is 0. The van der Waals surface area contributed by atoms with Gasteiger partial charge in [-0.2, -0.15) is 0 Å². The monoisotopic (exact) mass is 268 g/mol. The fraction of sp³-hybridized carbons (Fsp3) is 0. The predicted molar refractivity (Wildman–Crippen MR) is 21.4 cm³/mol. The molecule has 0 aliphatic heterocycles. The molecule has 9 heteroatoms. The van der Waals surface area contributed by atoms with E-state index < -0.39 is 7.82 Å². The van der Waals surface area contributed by atoms with Crippen molar-refractivity contribution in [2.24, 2.45) is 0 Å². The van der Waals surface area contributed by atoms with E-state index in [1.165, 1.54) is 0 Å². The van der Waals surface area contributed by atoms with Crippen LogP contribution in [0.1, 0.15) is 0 Å². The van der Waals surface area contributed by atoms with Gasteiger partial charge in [0.15, 0.2) is 0 Å². The summed E-state index contributed by atoms with van der Waals surface area (Å²) >= 11 is 0. The van der Waals surface area contributed by atoms with Crippen LogP contribution in [0, 0.1) is 0 Å². The number of hydrogen-bond acceptors (Lipinski definition) is 1. The Kier molecular flexibility index (Phi) is 43.4. The summed E-state index contributed by atoms with van der Waals surface area (Å²) in [7, 11) is -4.64. The van der Waals surface area contributed by atoms with Crippen molar-refractivity contribution in [2.75, 3.05) is 0 Å². The van der Waals surface area contributed by atoms with Gasteiger partial charge >= 0.3 is 26.7 Å². The average Bonchev–Trinajstić information content (AvgIpc) is 0.722. The number of hydrogen-bond donors (Lipinski definition) is 3. The number of phosphoric acid groups is 1. The van der Waals surface area contributed by atoms with E-state index in [0.717, 1.165) is 0 Å². The van der Waals surface area contributed by atoms with Gasteiger partial charge < -0.3 is 14.7 Å². The molecule has 4 nitrogen and oxygen atoms in total. The Bertz CT molecular complexity index is 66.7. The van der Waals surface area contributed by atoms with E-state index >= 15 is 0 Å². The maximum absolute atomic E-state index is 8.88. The van der Waals surface area contributed by atoms with Crippen LogP contribution in [0.3, 0.4) is 0 Å². The van der Waals surface area contributed by atoms with Crippen LogP contribution in [0.25, 0.3) is 0 Å². The molecule has 0 atom stereocenters. The molecule has 0 amide bonds. The zero-order chi connectivity index (χ0) is 4.50. The minimum Gasteiger partial charge on any atom is 0 e. The maximum Gasteiger partial charge on any atom is 0 e. The van der Waals surface area contributed by atoms with E-state index in [1.54, 1.807) is 0 Å². The van der Waals surface area contributed by atoms with Gasteiger partial charge in [-0.1, -0.05) is 0 Å². The van der Waals surface area contributed by atoms with Crippen LogP contribution in [0.5, 0.6) is 0 Å². The Morgan fingerprint density at radius 3 is 1.11 bits per heavy atom. The van der Waals surface area contributed by atoms with Crippen molar-refractivity contribution in [3.05, 3.63) is 0 Å². The Balaban J connectivity index is -0.0000000133. The quantitative estimate of drug-likeness (QED) is 0.366. The molecule has 0 saturated carbocycles. The third kappa shape index (κ3) is 132. The van der Waals surface area contributed by atoms with Gasteiger partial charge in [-0.25, -0.2) is 4.57 Å². The van der Waals surface area contributed by atoms with E-state index in [0.29, 0.717) is 0 Å². The Hall–Kier alpha value is 2.33. The summed E-state index contributed by atoms with van der Waals surface area (Å²) < 4.78 is 8.88. The predicted octanol–water partition coefficient (Wildman–Crippen LogP) is -1.58. The minimum absolute atomic E-state index is 0. The molecule has 0 rings (SSSR count). The van der Waals surface area contributed by atoms with Crippen LogP contribution in [-0.2, 0) is 57.3 Å². The molecule has 9 heavy (non-hydrogen) atoms. The van der Waals surface area contributed by atoms with Gasteiger partial charge in [0.25, 0.3) is 0 Å². The van der Waals surface area contributed by atoms with Gasteiger partial charge in [-0.15, -0.1) is 0 Å². The van der Waals surface area contributed by atoms with Crippen molar-refractivity contribution >= 4 is 26.7 Å². The second kappa shape index (κ2) is 13.0. The third-order valence-corrected chi connectivity index (χ3v) is 0. The van der Waals surface area contributed by atoms with Gasteiger partial charge in [0, 0.05) is 52.7 Å². The second-order valence-electron chi connectivity index (χ2n) is 0.513. The van der Waals surface area contributed by atoms with E-state index in [-0.39, 0.29) is 71.6 Å². The van der Waals surface area contributed by atoms with E-state index in [4.69, 9.17) is 19.2 Å². The molecule has 0 saturated heterocycles. The number of rotatable bonds is 0. The maximum atomic E-state index is 8.88. The molecule has 54 valence electrons. The summed E-state index contributed by atoms with van der Waals surface area (Å²) in [4.78, 5) is 21.6. The summed E-state index contributed by atoms with van der Waals surface area (Å²) in [5.41, 5.74) is 0. The second-order valence-corrected chi connectivity index (χ2v) is 1.54. The van der Waals surface area contributed by atoms with Crippen LogP contribution in [0.2, 0.25) is 0 Å². The molecule has 0 fully saturated rings. The first-order valence-corrected chi connectivity index (χ1v) is 2.35. The topological polar surface area (TPSA) is 77.8 Å². The van der Waals surface area contributed by atoms with Gasteiger partial charge in [-0.05, 0) is 0 Å². The van der Waals surface area contributed by atoms with Crippen molar-refractivity contribution in [2.45, 2.75) is 0 Å². The Morgan fingerprint density at radius 1 is 1.11 bits per heavy atom. The molecule has 0 heterocycles. The Morgan fingerprint density at radius 2 is 1.11 bits per heavy atom. The van der Waals surface area contributed by atoms with E-state index in [9.17, 15) is 0 Å². The van der Waals surface area contributed by atoms with Gasteiger partial charge in [0.2, 0.25) is 0 Å². The van der Waals surface area contributed by atoms with E-state index in [1.807, 2.05) is 0 Å². The normalized spacial score (nSPS) is 6.56. The SMILES string of the molecule is O=P(O)(O)O.[Fe].[LiH].[Mn].[V]. The van der Waals surface area contributed by atoms with Gasteiger partial charge in [0.05, 0.1) is 0 Å². The smallest absolute Gasteiger partial charge is 0 e. The fourth-order valence-electron chi connectivity index (χ4n) is 0. The zero-order valence-corrected chi connectivity index (χ0v) is 7.95. The standard InChI is InChI=1S/Fe.Li.Mn.H3O4P.V.H/c;;;1-5(2,3)4;;/h;;;(H3,1,2,3,4);;. The average molecular weight is 268 g/mol. The summed E-state index contributed by atoms with van der Waals surface area (Å²) in [6, 6.07) is 0. The molecule has 0 aromatic heterocycles.